The standard InChI is InChI=1S/C11H16N4O2/c1-7(12)6-10(16)14-8-2-4-9(5-3-8)15-11(13)17/h2-5,7H,6,12H2,1H3,(H,14,16)(H3,13,15,17). The molecule has 0 saturated carbocycles. The lowest BCUT2D eigenvalue weighted by atomic mass is 10.2. The molecule has 0 fully saturated rings. The maximum absolute atomic E-state index is 11.4. The van der Waals surface area contributed by atoms with Gasteiger partial charge in [-0.3, -0.25) is 4.79 Å². The second-order valence-corrected chi connectivity index (χ2v) is 3.80. The van der Waals surface area contributed by atoms with Crippen LogP contribution in [0, 0.1) is 0 Å². The maximum Gasteiger partial charge on any atom is 0.316 e. The number of primary amides is 1. The third kappa shape index (κ3) is 4.98. The molecule has 0 aliphatic carbocycles. The van der Waals surface area contributed by atoms with E-state index in [0.29, 0.717) is 11.4 Å². The number of nitrogens with one attached hydrogen (secondary N) is 2. The molecule has 1 atom stereocenters. The van der Waals surface area contributed by atoms with E-state index < -0.39 is 6.03 Å². The first-order chi connectivity index (χ1) is 7.97. The minimum absolute atomic E-state index is 0.143. The molecule has 0 aliphatic rings. The van der Waals surface area contributed by atoms with E-state index in [4.69, 9.17) is 11.5 Å². The predicted octanol–water partition coefficient (Wildman–Crippen LogP) is 0.853. The Hall–Kier alpha value is -2.08. The average Bonchev–Trinajstić information content (AvgIpc) is 2.18. The van der Waals surface area contributed by atoms with E-state index >= 15 is 0 Å². The maximum atomic E-state index is 11.4. The molecule has 0 aromatic heterocycles. The Labute approximate surface area is 99.4 Å². The lowest BCUT2D eigenvalue weighted by Gasteiger charge is -2.08. The summed E-state index contributed by atoms with van der Waals surface area (Å²) in [5.74, 6) is -0.143. The summed E-state index contributed by atoms with van der Waals surface area (Å²) in [4.78, 5) is 22.0. The van der Waals surface area contributed by atoms with Crippen LogP contribution < -0.4 is 22.1 Å². The lowest BCUT2D eigenvalue weighted by molar-refractivity contribution is -0.116. The number of benzene rings is 1. The zero-order valence-corrected chi connectivity index (χ0v) is 9.57. The molecule has 1 rings (SSSR count). The van der Waals surface area contributed by atoms with E-state index in [-0.39, 0.29) is 18.4 Å². The van der Waals surface area contributed by atoms with Crippen molar-refractivity contribution in [2.24, 2.45) is 11.5 Å². The van der Waals surface area contributed by atoms with E-state index in [9.17, 15) is 9.59 Å². The Balaban J connectivity index is 2.56. The molecule has 6 nitrogen and oxygen atoms in total. The van der Waals surface area contributed by atoms with Crippen LogP contribution in [0.25, 0.3) is 0 Å². The molecule has 3 amide bonds. The molecule has 0 spiro atoms. The molecule has 6 heteroatoms. The number of nitrogens with two attached hydrogens (primary N) is 2. The number of hydrogen-bond acceptors (Lipinski definition) is 3. The van der Waals surface area contributed by atoms with Gasteiger partial charge in [0.1, 0.15) is 0 Å². The number of carbonyl (C=O) groups excluding carboxylic acids is 2. The summed E-state index contributed by atoms with van der Waals surface area (Å²) in [5.41, 5.74) is 11.7. The highest BCUT2D eigenvalue weighted by Gasteiger charge is 2.05. The van der Waals surface area contributed by atoms with Crippen molar-refractivity contribution in [1.82, 2.24) is 0 Å². The highest BCUT2D eigenvalue weighted by atomic mass is 16.2. The second kappa shape index (κ2) is 5.86. The molecule has 1 aromatic carbocycles. The number of amides is 3. The van der Waals surface area contributed by atoms with Crippen molar-refractivity contribution in [2.75, 3.05) is 10.6 Å². The van der Waals surface area contributed by atoms with E-state index in [2.05, 4.69) is 10.6 Å². The quantitative estimate of drug-likeness (QED) is 0.622. The van der Waals surface area contributed by atoms with Gasteiger partial charge in [-0.05, 0) is 31.2 Å². The summed E-state index contributed by atoms with van der Waals surface area (Å²) in [6.07, 6.45) is 0.265. The summed E-state index contributed by atoms with van der Waals surface area (Å²) in [6, 6.07) is 5.83. The third-order valence-corrected chi connectivity index (χ3v) is 1.94. The Kier molecular flexibility index (Phi) is 4.47. The van der Waals surface area contributed by atoms with Crippen molar-refractivity contribution < 1.29 is 9.59 Å². The molecule has 92 valence electrons. The van der Waals surface area contributed by atoms with Crippen molar-refractivity contribution in [3.05, 3.63) is 24.3 Å². The normalized spacial score (nSPS) is 11.6. The molecule has 6 N–H and O–H groups in total. The Morgan fingerprint density at radius 3 is 2.06 bits per heavy atom. The van der Waals surface area contributed by atoms with Crippen molar-refractivity contribution >= 4 is 23.3 Å². The van der Waals surface area contributed by atoms with Crippen LogP contribution >= 0.6 is 0 Å². The van der Waals surface area contributed by atoms with Gasteiger partial charge in [-0.1, -0.05) is 0 Å². The van der Waals surface area contributed by atoms with Gasteiger partial charge in [0.15, 0.2) is 0 Å². The molecule has 0 bridgehead atoms. The lowest BCUT2D eigenvalue weighted by Crippen LogP contribution is -2.24. The fourth-order valence-electron chi connectivity index (χ4n) is 1.28. The second-order valence-electron chi connectivity index (χ2n) is 3.80. The first-order valence-corrected chi connectivity index (χ1v) is 5.19. The van der Waals surface area contributed by atoms with Crippen LogP contribution in [-0.2, 0) is 4.79 Å². The average molecular weight is 236 g/mol. The number of anilines is 2. The largest absolute Gasteiger partial charge is 0.351 e. The van der Waals surface area contributed by atoms with Crippen molar-refractivity contribution in [3.8, 4) is 0 Å². The molecule has 0 saturated heterocycles. The van der Waals surface area contributed by atoms with Gasteiger partial charge in [0, 0.05) is 23.8 Å². The zero-order chi connectivity index (χ0) is 12.8. The Morgan fingerprint density at radius 2 is 1.65 bits per heavy atom. The number of carbonyl (C=O) groups is 2. The molecule has 0 heterocycles. The van der Waals surface area contributed by atoms with Gasteiger partial charge in [0.25, 0.3) is 0 Å². The smallest absolute Gasteiger partial charge is 0.316 e. The molecular formula is C11H16N4O2. The highest BCUT2D eigenvalue weighted by molar-refractivity contribution is 5.92. The van der Waals surface area contributed by atoms with Crippen LogP contribution in [0.1, 0.15) is 13.3 Å². The van der Waals surface area contributed by atoms with E-state index in [1.54, 1.807) is 31.2 Å². The number of urea groups is 1. The van der Waals surface area contributed by atoms with Gasteiger partial charge in [-0.15, -0.1) is 0 Å². The van der Waals surface area contributed by atoms with Crippen molar-refractivity contribution in [2.45, 2.75) is 19.4 Å². The first-order valence-electron chi connectivity index (χ1n) is 5.19. The van der Waals surface area contributed by atoms with Crippen molar-refractivity contribution in [1.29, 1.82) is 0 Å². The molecule has 1 unspecified atom stereocenters. The molecule has 1 aromatic rings. The summed E-state index contributed by atoms with van der Waals surface area (Å²) in [7, 11) is 0. The van der Waals surface area contributed by atoms with Crippen LogP contribution in [0.4, 0.5) is 16.2 Å². The van der Waals surface area contributed by atoms with Gasteiger partial charge < -0.3 is 22.1 Å². The fraction of sp³-hybridized carbons (Fsp3) is 0.273. The molecular weight excluding hydrogens is 220 g/mol. The third-order valence-electron chi connectivity index (χ3n) is 1.94. The van der Waals surface area contributed by atoms with Gasteiger partial charge >= 0.3 is 6.03 Å². The van der Waals surface area contributed by atoms with Gasteiger partial charge in [0.05, 0.1) is 0 Å². The summed E-state index contributed by atoms with van der Waals surface area (Å²) < 4.78 is 0. The predicted molar refractivity (Wildman–Crippen MR) is 66.5 cm³/mol. The van der Waals surface area contributed by atoms with E-state index in [0.717, 1.165) is 0 Å². The summed E-state index contributed by atoms with van der Waals surface area (Å²) in [6.45, 7) is 1.76. The minimum Gasteiger partial charge on any atom is -0.351 e. The van der Waals surface area contributed by atoms with Crippen LogP contribution in [-0.4, -0.2) is 18.0 Å². The van der Waals surface area contributed by atoms with E-state index in [1.165, 1.54) is 0 Å². The SMILES string of the molecule is CC(N)CC(=O)Nc1ccc(NC(N)=O)cc1. The topological polar surface area (TPSA) is 110 Å². The molecule has 0 radical (unpaired) electrons. The first kappa shape index (κ1) is 13.0. The Morgan fingerprint density at radius 1 is 1.18 bits per heavy atom. The van der Waals surface area contributed by atoms with Crippen LogP contribution in [0.2, 0.25) is 0 Å². The summed E-state index contributed by atoms with van der Waals surface area (Å²) in [5, 5.41) is 5.11. The van der Waals surface area contributed by atoms with Crippen LogP contribution in [0.5, 0.6) is 0 Å². The monoisotopic (exact) mass is 236 g/mol. The number of rotatable bonds is 4. The minimum atomic E-state index is -0.626. The molecule has 0 aliphatic heterocycles. The molecule has 17 heavy (non-hydrogen) atoms. The summed E-state index contributed by atoms with van der Waals surface area (Å²) >= 11 is 0. The fourth-order valence-corrected chi connectivity index (χ4v) is 1.28. The Bertz CT molecular complexity index is 400. The van der Waals surface area contributed by atoms with Crippen molar-refractivity contribution in [3.63, 3.8) is 0 Å². The van der Waals surface area contributed by atoms with Gasteiger partial charge in [-0.25, -0.2) is 4.79 Å². The zero-order valence-electron chi connectivity index (χ0n) is 9.57. The van der Waals surface area contributed by atoms with Gasteiger partial charge in [-0.2, -0.15) is 0 Å². The van der Waals surface area contributed by atoms with Gasteiger partial charge in [0.2, 0.25) is 5.91 Å². The van der Waals surface area contributed by atoms with E-state index in [1.807, 2.05) is 0 Å². The highest BCUT2D eigenvalue weighted by Crippen LogP contribution is 2.13. The van der Waals surface area contributed by atoms with Crippen LogP contribution in [0.3, 0.4) is 0 Å². The number of hydrogen-bond donors (Lipinski definition) is 4. The van der Waals surface area contributed by atoms with Crippen LogP contribution in [0.15, 0.2) is 24.3 Å².